The number of aliphatic hydroxyl groups is 13. The van der Waals surface area contributed by atoms with E-state index in [2.05, 4.69) is 41.2 Å². The summed E-state index contributed by atoms with van der Waals surface area (Å²) in [7, 11) is 0. The van der Waals surface area contributed by atoms with Crippen molar-refractivity contribution in [2.24, 2.45) is 0 Å². The molecule has 14 N–H and O–H groups in total. The van der Waals surface area contributed by atoms with Crippen LogP contribution in [0.4, 0.5) is 0 Å². The number of ether oxygens (including phenoxy) is 16. The molecule has 4 aromatic heterocycles. The molecule has 43 heteroatoms. The van der Waals surface area contributed by atoms with Crippen LogP contribution in [0.25, 0.3) is 0 Å². The van der Waals surface area contributed by atoms with Gasteiger partial charge in [-0.1, -0.05) is 77.6 Å². The third kappa shape index (κ3) is 23.8. The maximum Gasteiger partial charge on any atom is 0.340 e. The number of aromatic nitrogens is 12. The first-order valence-electron chi connectivity index (χ1n) is 41.7. The van der Waals surface area contributed by atoms with Gasteiger partial charge in [0.15, 0.2) is 30.8 Å². The molecule has 0 bridgehead atoms. The van der Waals surface area contributed by atoms with E-state index in [4.69, 9.17) is 75.8 Å². The van der Waals surface area contributed by atoms with Crippen molar-refractivity contribution >= 4 is 5.97 Å². The molecule has 6 aliphatic heterocycles. The zero-order valence-corrected chi connectivity index (χ0v) is 67.8. The number of carbonyl (C=O) groups is 1. The molecule has 1 spiro atoms. The van der Waals surface area contributed by atoms with Crippen LogP contribution in [0.15, 0.2) is 85.5 Å². The highest BCUT2D eigenvalue weighted by atomic mass is 16.7. The van der Waals surface area contributed by atoms with Crippen LogP contribution >= 0.6 is 0 Å². The Hall–Kier alpha value is -7.95. The van der Waals surface area contributed by atoms with Gasteiger partial charge in [0, 0.05) is 68.3 Å². The number of aromatic hydroxyl groups is 1. The third-order valence-electron chi connectivity index (χ3n) is 22.0. The van der Waals surface area contributed by atoms with E-state index in [1.165, 1.54) is 12.1 Å². The summed E-state index contributed by atoms with van der Waals surface area (Å²) >= 11 is 0. The Bertz CT molecular complexity index is 4350. The Morgan fingerprint density at radius 2 is 0.797 bits per heavy atom. The number of carbonyl (C=O) groups excluding carboxylic acids is 1. The lowest BCUT2D eigenvalue weighted by Crippen LogP contribution is -2.61. The maximum absolute atomic E-state index is 13.3. The second-order valence-corrected chi connectivity index (χ2v) is 30.9. The molecule has 43 nitrogen and oxygen atoms in total. The van der Waals surface area contributed by atoms with Crippen molar-refractivity contribution in [2.75, 3.05) is 79.3 Å². The predicted octanol–water partition coefficient (Wildman–Crippen LogP) is -1.44. The minimum Gasteiger partial charge on any atom is -0.508 e. The number of unbranched alkanes of at least 4 members (excludes halogenated alkanes) is 9. The Morgan fingerprint density at radius 1 is 0.374 bits per heavy atom. The van der Waals surface area contributed by atoms with Crippen LogP contribution < -0.4 is 9.47 Å². The quantitative estimate of drug-likeness (QED) is 0.0153. The van der Waals surface area contributed by atoms with Crippen molar-refractivity contribution in [1.29, 1.82) is 0 Å². The Kier molecular flexibility index (Phi) is 34.3. The minimum atomic E-state index is -1.54. The summed E-state index contributed by atoms with van der Waals surface area (Å²) in [5.41, 5.74) is 2.86. The van der Waals surface area contributed by atoms with E-state index in [0.29, 0.717) is 121 Å². The topological polar surface area (TPSA) is 571 Å². The highest BCUT2D eigenvalue weighted by molar-refractivity contribution is 5.97. The van der Waals surface area contributed by atoms with Gasteiger partial charge in [0.25, 0.3) is 0 Å². The van der Waals surface area contributed by atoms with Gasteiger partial charge in [0.05, 0.1) is 116 Å². The van der Waals surface area contributed by atoms with Crippen LogP contribution in [0.2, 0.25) is 0 Å². The van der Waals surface area contributed by atoms with Crippen LogP contribution in [-0.4, -0.2) is 340 Å². The lowest BCUT2D eigenvalue weighted by Gasteiger charge is -2.44. The number of phenolic OH excluding ortho intramolecular Hbond substituents is 1. The van der Waals surface area contributed by atoms with E-state index in [-0.39, 0.29) is 91.6 Å². The molecule has 0 saturated carbocycles. The average molecular weight is 1740 g/mol. The summed E-state index contributed by atoms with van der Waals surface area (Å²) in [6.07, 6.45) is -11.0. The number of fused-ring (bicyclic) bond motifs is 6. The van der Waals surface area contributed by atoms with Gasteiger partial charge in [-0.05, 0) is 68.9 Å². The number of nitrogens with zero attached hydrogens (tertiary/aromatic N) is 12. The van der Waals surface area contributed by atoms with Gasteiger partial charge >= 0.3 is 5.97 Å². The summed E-state index contributed by atoms with van der Waals surface area (Å²) in [5, 5.41) is 178. The molecular formula is C80H112N12O31. The minimum absolute atomic E-state index is 0.0101. The van der Waals surface area contributed by atoms with E-state index in [0.717, 1.165) is 44.9 Å². The van der Waals surface area contributed by atoms with Crippen molar-refractivity contribution < 1.29 is 152 Å². The van der Waals surface area contributed by atoms with Crippen LogP contribution in [0.1, 0.15) is 127 Å². The highest BCUT2D eigenvalue weighted by Crippen LogP contribution is 2.57. The number of esters is 1. The van der Waals surface area contributed by atoms with Crippen molar-refractivity contribution in [2.45, 2.75) is 258 Å². The summed E-state index contributed by atoms with van der Waals surface area (Å²) in [4.78, 5) is 13.3. The monoisotopic (exact) mass is 1740 g/mol. The lowest BCUT2D eigenvalue weighted by atomic mass is 9.77. The van der Waals surface area contributed by atoms with Crippen LogP contribution in [0.3, 0.4) is 0 Å². The van der Waals surface area contributed by atoms with E-state index in [1.807, 2.05) is 12.1 Å². The van der Waals surface area contributed by atoms with E-state index < -0.39 is 154 Å². The molecule has 0 aliphatic carbocycles. The molecular weight excluding hydrogens is 1620 g/mol. The Morgan fingerprint density at radius 3 is 1.32 bits per heavy atom. The van der Waals surface area contributed by atoms with E-state index in [1.54, 1.807) is 79.9 Å². The predicted molar refractivity (Wildman–Crippen MR) is 414 cm³/mol. The van der Waals surface area contributed by atoms with E-state index >= 15 is 0 Å². The zero-order valence-electron chi connectivity index (χ0n) is 67.8. The number of rotatable bonds is 50. The van der Waals surface area contributed by atoms with Crippen LogP contribution in [0.5, 0.6) is 23.0 Å². The lowest BCUT2D eigenvalue weighted by molar-refractivity contribution is -0.320. The largest absolute Gasteiger partial charge is 0.508 e. The smallest absolute Gasteiger partial charge is 0.340 e. The van der Waals surface area contributed by atoms with Gasteiger partial charge in [0.2, 0.25) is 0 Å². The molecule has 0 amide bonds. The van der Waals surface area contributed by atoms with Gasteiger partial charge in [-0.3, -0.25) is 14.0 Å². The van der Waals surface area contributed by atoms with Crippen molar-refractivity contribution in [3.8, 4) is 23.0 Å². The number of benzene rings is 3. The fraction of sp³-hybridized carbons (Fsp3) is 0.662. The summed E-state index contributed by atoms with van der Waals surface area (Å²) in [5.74, 6) is 0.652. The fourth-order valence-corrected chi connectivity index (χ4v) is 15.3. The van der Waals surface area contributed by atoms with Gasteiger partial charge in [0.1, 0.15) is 150 Å². The fourth-order valence-electron chi connectivity index (χ4n) is 15.3. The summed E-state index contributed by atoms with van der Waals surface area (Å²) < 4.78 is 103. The van der Waals surface area contributed by atoms with Crippen LogP contribution in [-0.2, 0) is 125 Å². The third-order valence-corrected chi connectivity index (χ3v) is 22.0. The number of phenols is 1. The molecule has 0 radical (unpaired) electrons. The van der Waals surface area contributed by atoms with Crippen molar-refractivity contribution in [3.63, 3.8) is 0 Å². The average Bonchev–Trinajstić information content (AvgIpc) is 1.57. The maximum atomic E-state index is 13.3. The molecule has 123 heavy (non-hydrogen) atoms. The second kappa shape index (κ2) is 45.5. The number of hydrogen-bond donors (Lipinski definition) is 14. The standard InChI is InChI=1S/C80H112N12O31/c93-39-59-63(97)66(100)69(103)76(119-59)111-25-12-4-1-9-21-89-35-47(81-85-89)42-110-46-62-73(116-44-49-36-90(86-83-49)22-10-2-5-13-26-112-77-70(104)67(101)64(98)60(40-94)120-77)74(117-45-50-37-91(87-84-50)23-11-3-6-14-27-113-78-71(105)68(102)65(99)61(41-95)121-78)72(106)79(122-62)114-32-31-109-30-29-108-28-24-92-38-48(82-88-92)43-115-52-18-20-56-58(34-52)118-57-33-51(96)17-19-55(57)80(56)54-16-8-7-15-53(54)75(107)123-80/h7-8,15-20,33-38,59-74,76-79,93-106H,1-6,9-14,21-32,39-46H2/t59-,60-,61-,62-,63-,64-,65-,66+,67+,68+,69+,70+,71+,72-,73+,74-,76+,77+,78+,79-,80?/m1/s1. The van der Waals surface area contributed by atoms with Gasteiger partial charge in [-0.25, -0.2) is 9.48 Å². The van der Waals surface area contributed by atoms with Gasteiger partial charge < -0.3 is 147 Å². The molecule has 4 saturated heterocycles. The van der Waals surface area contributed by atoms with Crippen LogP contribution in [0, 0.1) is 0 Å². The molecule has 678 valence electrons. The van der Waals surface area contributed by atoms with E-state index in [9.17, 15) is 76.3 Å². The number of aryl methyl sites for hydroxylation is 3. The molecule has 6 aliphatic rings. The Labute approximate surface area is 706 Å². The van der Waals surface area contributed by atoms with Crippen molar-refractivity contribution in [1.82, 2.24) is 60.0 Å². The highest BCUT2D eigenvalue weighted by Gasteiger charge is 2.55. The molecule has 21 atom stereocenters. The first kappa shape index (κ1) is 92.7. The summed E-state index contributed by atoms with van der Waals surface area (Å²) in [6, 6.07) is 17.1. The van der Waals surface area contributed by atoms with Gasteiger partial charge in [-0.2, -0.15) is 0 Å². The normalized spacial score (nSPS) is 28.6. The SMILES string of the molecule is O=C1OC2(c3ccc(O)cc3Oc3cc(OCc4cn(CCOCCOCCO[C@@H]5O[C@H](COCc6cn(CCCCCCO[C@H]7O[C@H](CO)[C@@H](O)[C@H](O)[C@@H]7O)nn6)[C@H](OCc6cn(CCCCCCO[C@H]7O[C@H](CO)[C@@H](O)[C@H](O)[C@@H]7O)nn6)[C@H](OCc6cn(CCCCCCO[C@H]7O[C@H](CO)[C@@H](O)[C@H](O)[C@@H]7O)nn6)[C@H]5O)nn4)ccc32)c2ccccc21. The molecule has 4 fully saturated rings. The van der Waals surface area contributed by atoms with Gasteiger partial charge in [-0.15, -0.1) is 20.4 Å². The number of hydrogen-bond acceptors (Lipinski definition) is 39. The number of aliphatic hydroxyl groups excluding tert-OH is 13. The molecule has 10 heterocycles. The second-order valence-electron chi connectivity index (χ2n) is 30.9. The molecule has 3 aromatic carbocycles. The molecule has 7 aromatic rings. The first-order chi connectivity index (χ1) is 59.8. The first-order valence-corrected chi connectivity index (χ1v) is 41.7. The Balaban J connectivity index is 0.600. The summed E-state index contributed by atoms with van der Waals surface area (Å²) in [6.45, 7) is 1.12. The van der Waals surface area contributed by atoms with Crippen molar-refractivity contribution in [3.05, 3.63) is 130 Å². The molecule has 1 unspecified atom stereocenters. The molecule has 13 rings (SSSR count). The zero-order chi connectivity index (χ0) is 86.4.